The molecule has 0 aliphatic carbocycles. The van der Waals surface area contributed by atoms with Crippen molar-refractivity contribution in [3.05, 3.63) is 62.7 Å². The molecule has 0 radical (unpaired) electrons. The van der Waals surface area contributed by atoms with Crippen LogP contribution in [0.1, 0.15) is 5.56 Å². The zero-order valence-electron chi connectivity index (χ0n) is 9.65. The number of pyridine rings is 1. The standard InChI is InChI=1S/C12H9BrN4O2/c13-10-5-4-9(7-11(10)17(18)19)8-15-16-12-3-1-2-6-14-12/h1-8H,(H,14,16)/b15-8-. The van der Waals surface area contributed by atoms with E-state index in [9.17, 15) is 10.1 Å². The molecule has 1 heterocycles. The smallest absolute Gasteiger partial charge is 0.261 e. The molecule has 96 valence electrons. The van der Waals surface area contributed by atoms with Crippen molar-refractivity contribution < 1.29 is 4.92 Å². The van der Waals surface area contributed by atoms with E-state index in [-0.39, 0.29) is 5.69 Å². The Kier molecular flexibility index (Phi) is 4.19. The molecule has 0 fully saturated rings. The molecular formula is C12H9BrN4O2. The third-order valence-corrected chi connectivity index (χ3v) is 2.90. The highest BCUT2D eigenvalue weighted by Crippen LogP contribution is 2.24. The van der Waals surface area contributed by atoms with Crippen molar-refractivity contribution in [2.45, 2.75) is 0 Å². The molecular weight excluding hydrogens is 312 g/mol. The maximum atomic E-state index is 10.8. The number of aromatic nitrogens is 1. The van der Waals surface area contributed by atoms with Gasteiger partial charge in [-0.15, -0.1) is 0 Å². The summed E-state index contributed by atoms with van der Waals surface area (Å²) in [6, 6.07) is 10.2. The molecule has 0 saturated carbocycles. The Bertz CT molecular complexity index is 616. The zero-order chi connectivity index (χ0) is 13.7. The number of nitro benzene ring substituents is 1. The zero-order valence-corrected chi connectivity index (χ0v) is 11.2. The summed E-state index contributed by atoms with van der Waals surface area (Å²) in [6.07, 6.45) is 3.14. The minimum absolute atomic E-state index is 0.00165. The van der Waals surface area contributed by atoms with Crippen LogP contribution in [0.25, 0.3) is 0 Å². The molecule has 0 atom stereocenters. The minimum Gasteiger partial charge on any atom is -0.261 e. The van der Waals surface area contributed by atoms with Gasteiger partial charge in [0.2, 0.25) is 0 Å². The topological polar surface area (TPSA) is 80.4 Å². The Morgan fingerprint density at radius 3 is 2.89 bits per heavy atom. The molecule has 2 rings (SSSR count). The average molecular weight is 321 g/mol. The van der Waals surface area contributed by atoms with Crippen LogP contribution in [0.4, 0.5) is 11.5 Å². The molecule has 2 aromatic rings. The number of benzene rings is 1. The SMILES string of the molecule is O=[N+]([O-])c1cc(/C=N\Nc2ccccn2)ccc1Br. The van der Waals surface area contributed by atoms with Gasteiger partial charge in [0.25, 0.3) is 5.69 Å². The maximum Gasteiger partial charge on any atom is 0.284 e. The number of nitro groups is 1. The number of hydrogen-bond acceptors (Lipinski definition) is 5. The van der Waals surface area contributed by atoms with Crippen LogP contribution >= 0.6 is 15.9 Å². The van der Waals surface area contributed by atoms with Crippen LogP contribution in [-0.4, -0.2) is 16.1 Å². The lowest BCUT2D eigenvalue weighted by Gasteiger charge is -1.99. The number of hydrogen-bond donors (Lipinski definition) is 1. The van der Waals surface area contributed by atoms with E-state index in [1.165, 1.54) is 12.3 Å². The predicted octanol–water partition coefficient (Wildman–Crippen LogP) is 3.20. The second-order valence-corrected chi connectivity index (χ2v) is 4.41. The van der Waals surface area contributed by atoms with Crippen LogP contribution in [0.15, 0.2) is 52.2 Å². The van der Waals surface area contributed by atoms with Crippen molar-refractivity contribution in [2.24, 2.45) is 5.10 Å². The van der Waals surface area contributed by atoms with Crippen LogP contribution in [0.3, 0.4) is 0 Å². The summed E-state index contributed by atoms with van der Waals surface area (Å²) < 4.78 is 0.437. The molecule has 0 unspecified atom stereocenters. The van der Waals surface area contributed by atoms with Gasteiger partial charge < -0.3 is 0 Å². The third kappa shape index (κ3) is 3.59. The monoisotopic (exact) mass is 320 g/mol. The summed E-state index contributed by atoms with van der Waals surface area (Å²) in [5.74, 6) is 0.602. The molecule has 6 nitrogen and oxygen atoms in total. The van der Waals surface area contributed by atoms with Gasteiger partial charge in [-0.2, -0.15) is 5.10 Å². The van der Waals surface area contributed by atoms with E-state index in [0.717, 1.165) is 0 Å². The van der Waals surface area contributed by atoms with Gasteiger partial charge in [0.1, 0.15) is 5.82 Å². The molecule has 0 saturated heterocycles. The van der Waals surface area contributed by atoms with Gasteiger partial charge in [-0.1, -0.05) is 12.1 Å². The molecule has 0 bridgehead atoms. The van der Waals surface area contributed by atoms with E-state index in [1.807, 2.05) is 6.07 Å². The molecule has 1 N–H and O–H groups in total. The number of halogens is 1. The summed E-state index contributed by atoms with van der Waals surface area (Å²) in [6.45, 7) is 0. The minimum atomic E-state index is -0.451. The van der Waals surface area contributed by atoms with E-state index in [2.05, 4.69) is 31.4 Å². The molecule has 0 amide bonds. The lowest BCUT2D eigenvalue weighted by atomic mass is 10.2. The molecule has 0 aliphatic rings. The van der Waals surface area contributed by atoms with Gasteiger partial charge in [0.05, 0.1) is 15.6 Å². The highest BCUT2D eigenvalue weighted by molar-refractivity contribution is 9.10. The Labute approximate surface area is 117 Å². The average Bonchev–Trinajstić information content (AvgIpc) is 2.41. The Balaban J connectivity index is 2.11. The van der Waals surface area contributed by atoms with Crippen LogP contribution in [0.5, 0.6) is 0 Å². The lowest BCUT2D eigenvalue weighted by Crippen LogP contribution is -1.94. The fraction of sp³-hybridized carbons (Fsp3) is 0. The fourth-order valence-corrected chi connectivity index (χ4v) is 1.74. The highest BCUT2D eigenvalue weighted by Gasteiger charge is 2.11. The second-order valence-electron chi connectivity index (χ2n) is 3.55. The second kappa shape index (κ2) is 6.05. The first-order valence-corrected chi connectivity index (χ1v) is 6.10. The van der Waals surface area contributed by atoms with E-state index in [4.69, 9.17) is 0 Å². The van der Waals surface area contributed by atoms with Gasteiger partial charge in [-0.05, 0) is 34.1 Å². The first kappa shape index (κ1) is 13.2. The van der Waals surface area contributed by atoms with Crippen LogP contribution in [-0.2, 0) is 0 Å². The largest absolute Gasteiger partial charge is 0.284 e. The summed E-state index contributed by atoms with van der Waals surface area (Å²) in [4.78, 5) is 14.4. The van der Waals surface area contributed by atoms with Crippen molar-refractivity contribution in [1.82, 2.24) is 4.98 Å². The Morgan fingerprint density at radius 2 is 2.21 bits per heavy atom. The maximum absolute atomic E-state index is 10.8. The quantitative estimate of drug-likeness (QED) is 0.533. The van der Waals surface area contributed by atoms with Crippen molar-refractivity contribution in [2.75, 3.05) is 5.43 Å². The van der Waals surface area contributed by atoms with Crippen molar-refractivity contribution >= 4 is 33.6 Å². The molecule has 1 aromatic heterocycles. The van der Waals surface area contributed by atoms with Gasteiger partial charge in [-0.3, -0.25) is 15.5 Å². The summed E-state index contributed by atoms with van der Waals surface area (Å²) >= 11 is 3.12. The number of nitrogens with one attached hydrogen (secondary N) is 1. The van der Waals surface area contributed by atoms with Crippen LogP contribution < -0.4 is 5.43 Å². The molecule has 7 heteroatoms. The Hall–Kier alpha value is -2.28. The molecule has 1 aromatic carbocycles. The normalized spacial score (nSPS) is 10.6. The van der Waals surface area contributed by atoms with E-state index < -0.39 is 4.92 Å². The summed E-state index contributed by atoms with van der Waals surface area (Å²) in [7, 11) is 0. The number of anilines is 1. The first-order valence-electron chi connectivity index (χ1n) is 5.31. The van der Waals surface area contributed by atoms with Gasteiger partial charge >= 0.3 is 0 Å². The third-order valence-electron chi connectivity index (χ3n) is 2.22. The molecule has 0 aliphatic heterocycles. The number of nitrogens with zero attached hydrogens (tertiary/aromatic N) is 3. The van der Waals surface area contributed by atoms with Crippen molar-refractivity contribution in [3.63, 3.8) is 0 Å². The van der Waals surface area contributed by atoms with E-state index in [0.29, 0.717) is 15.9 Å². The van der Waals surface area contributed by atoms with Gasteiger partial charge in [0, 0.05) is 17.8 Å². The fourth-order valence-electron chi connectivity index (χ4n) is 1.35. The van der Waals surface area contributed by atoms with Crippen LogP contribution in [0, 0.1) is 10.1 Å². The lowest BCUT2D eigenvalue weighted by molar-refractivity contribution is -0.385. The van der Waals surface area contributed by atoms with E-state index >= 15 is 0 Å². The predicted molar refractivity (Wildman–Crippen MR) is 76.3 cm³/mol. The Morgan fingerprint density at radius 1 is 1.37 bits per heavy atom. The van der Waals surface area contributed by atoms with Crippen LogP contribution in [0.2, 0.25) is 0 Å². The number of hydrazone groups is 1. The highest BCUT2D eigenvalue weighted by atomic mass is 79.9. The van der Waals surface area contributed by atoms with Gasteiger partial charge in [0.15, 0.2) is 0 Å². The summed E-state index contributed by atoms with van der Waals surface area (Å²) in [5.41, 5.74) is 3.36. The molecule has 19 heavy (non-hydrogen) atoms. The van der Waals surface area contributed by atoms with Crippen molar-refractivity contribution in [1.29, 1.82) is 0 Å². The molecule has 0 spiro atoms. The van der Waals surface area contributed by atoms with Crippen molar-refractivity contribution in [3.8, 4) is 0 Å². The van der Waals surface area contributed by atoms with Gasteiger partial charge in [-0.25, -0.2) is 4.98 Å². The summed E-state index contributed by atoms with van der Waals surface area (Å²) in [5, 5.41) is 14.7. The first-order chi connectivity index (χ1) is 9.16. The number of rotatable bonds is 4. The van der Waals surface area contributed by atoms with E-state index in [1.54, 1.807) is 30.5 Å².